The van der Waals surface area contributed by atoms with Crippen LogP contribution in [0.15, 0.2) is 24.3 Å². The molecule has 0 bridgehead atoms. The lowest BCUT2D eigenvalue weighted by molar-refractivity contribution is -0.137. The van der Waals surface area contributed by atoms with E-state index in [9.17, 15) is 4.79 Å². The lowest BCUT2D eigenvalue weighted by atomic mass is 10.2. The Morgan fingerprint density at radius 2 is 1.81 bits per heavy atom. The van der Waals surface area contributed by atoms with Crippen molar-refractivity contribution < 1.29 is 19.4 Å². The highest BCUT2D eigenvalue weighted by Crippen LogP contribution is 2.17. The van der Waals surface area contributed by atoms with Crippen molar-refractivity contribution in [3.63, 3.8) is 0 Å². The molecule has 0 aliphatic rings. The zero-order valence-corrected chi connectivity index (χ0v) is 13.0. The van der Waals surface area contributed by atoms with Crippen LogP contribution in [0.2, 0.25) is 0 Å². The summed E-state index contributed by atoms with van der Waals surface area (Å²) >= 11 is 0. The maximum atomic E-state index is 10.5. The van der Waals surface area contributed by atoms with Gasteiger partial charge in [0.1, 0.15) is 18.1 Å². The molecule has 118 valence electrons. The fourth-order valence-corrected chi connectivity index (χ4v) is 2.01. The molecule has 0 radical (unpaired) electrons. The van der Waals surface area contributed by atoms with Crippen LogP contribution in [-0.2, 0) is 4.79 Å². The molecule has 0 saturated heterocycles. The normalized spacial score (nSPS) is 10.9. The zero-order valence-electron chi connectivity index (χ0n) is 13.0. The van der Waals surface area contributed by atoms with Gasteiger partial charge in [-0.1, -0.05) is 0 Å². The van der Waals surface area contributed by atoms with Crippen molar-refractivity contribution in [1.82, 2.24) is 4.90 Å². The molecule has 5 nitrogen and oxygen atoms in total. The standard InChI is InChI=1S/C16H25NO4/c1-13(2)17(10-4-5-16(18)19)11-12-21-15-8-6-14(20-3)7-9-15/h6-9,13H,4-5,10-12H2,1-3H3,(H,18,19). The molecule has 1 N–H and O–H groups in total. The molecule has 1 aromatic rings. The van der Waals surface area contributed by atoms with Gasteiger partial charge in [0.05, 0.1) is 7.11 Å². The van der Waals surface area contributed by atoms with Crippen LogP contribution in [0.5, 0.6) is 11.5 Å². The summed E-state index contributed by atoms with van der Waals surface area (Å²) < 4.78 is 10.8. The van der Waals surface area contributed by atoms with Gasteiger partial charge >= 0.3 is 5.97 Å². The Morgan fingerprint density at radius 3 is 2.33 bits per heavy atom. The summed E-state index contributed by atoms with van der Waals surface area (Å²) in [5, 5.41) is 8.68. The van der Waals surface area contributed by atoms with Crippen molar-refractivity contribution in [2.45, 2.75) is 32.7 Å². The molecule has 1 aromatic carbocycles. The minimum atomic E-state index is -0.742. The molecule has 1 rings (SSSR count). The van der Waals surface area contributed by atoms with Gasteiger partial charge in [0.15, 0.2) is 0 Å². The number of methoxy groups -OCH3 is 1. The summed E-state index contributed by atoms with van der Waals surface area (Å²) in [5.74, 6) is 0.873. The molecular weight excluding hydrogens is 270 g/mol. The monoisotopic (exact) mass is 295 g/mol. The van der Waals surface area contributed by atoms with Gasteiger partial charge in [-0.3, -0.25) is 9.69 Å². The molecule has 0 unspecified atom stereocenters. The topological polar surface area (TPSA) is 59.0 Å². The summed E-state index contributed by atoms with van der Waals surface area (Å²) in [6, 6.07) is 7.86. The fourth-order valence-electron chi connectivity index (χ4n) is 2.01. The van der Waals surface area contributed by atoms with E-state index in [4.69, 9.17) is 14.6 Å². The number of benzene rings is 1. The summed E-state index contributed by atoms with van der Waals surface area (Å²) in [7, 11) is 1.63. The number of hydrogen-bond donors (Lipinski definition) is 1. The molecule has 0 heterocycles. The van der Waals surface area contributed by atoms with E-state index in [1.807, 2.05) is 24.3 Å². The van der Waals surface area contributed by atoms with Gasteiger partial charge < -0.3 is 14.6 Å². The number of carboxylic acid groups (broad SMARTS) is 1. The minimum Gasteiger partial charge on any atom is -0.497 e. The van der Waals surface area contributed by atoms with Crippen LogP contribution in [-0.4, -0.2) is 48.8 Å². The predicted molar refractivity (Wildman–Crippen MR) is 82.1 cm³/mol. The first-order chi connectivity index (χ1) is 10.0. The highest BCUT2D eigenvalue weighted by Gasteiger charge is 2.10. The highest BCUT2D eigenvalue weighted by atomic mass is 16.5. The quantitative estimate of drug-likeness (QED) is 0.719. The lowest BCUT2D eigenvalue weighted by Gasteiger charge is -2.26. The van der Waals surface area contributed by atoms with Crippen LogP contribution < -0.4 is 9.47 Å². The number of carboxylic acids is 1. The van der Waals surface area contributed by atoms with Crippen molar-refractivity contribution in [3.8, 4) is 11.5 Å². The number of aliphatic carboxylic acids is 1. The van der Waals surface area contributed by atoms with Crippen LogP contribution >= 0.6 is 0 Å². The van der Waals surface area contributed by atoms with E-state index in [0.29, 0.717) is 19.1 Å². The average Bonchev–Trinajstić information content (AvgIpc) is 2.45. The summed E-state index contributed by atoms with van der Waals surface area (Å²) in [6.45, 7) is 6.35. The second kappa shape index (κ2) is 9.23. The maximum absolute atomic E-state index is 10.5. The third kappa shape index (κ3) is 6.99. The van der Waals surface area contributed by atoms with E-state index in [1.54, 1.807) is 7.11 Å². The largest absolute Gasteiger partial charge is 0.497 e. The molecule has 21 heavy (non-hydrogen) atoms. The van der Waals surface area contributed by atoms with Crippen LogP contribution in [0.25, 0.3) is 0 Å². The van der Waals surface area contributed by atoms with Gasteiger partial charge in [0, 0.05) is 19.0 Å². The zero-order chi connectivity index (χ0) is 15.7. The summed E-state index contributed by atoms with van der Waals surface area (Å²) in [5.41, 5.74) is 0. The van der Waals surface area contributed by atoms with E-state index in [-0.39, 0.29) is 6.42 Å². The highest BCUT2D eigenvalue weighted by molar-refractivity contribution is 5.66. The molecule has 0 spiro atoms. The number of rotatable bonds is 10. The maximum Gasteiger partial charge on any atom is 0.303 e. The smallest absolute Gasteiger partial charge is 0.303 e. The first-order valence-corrected chi connectivity index (χ1v) is 7.25. The Kier molecular flexibility index (Phi) is 7.61. The van der Waals surface area contributed by atoms with Gasteiger partial charge in [-0.25, -0.2) is 0 Å². The predicted octanol–water partition coefficient (Wildman–Crippen LogP) is 2.65. The van der Waals surface area contributed by atoms with Crippen LogP contribution in [0.3, 0.4) is 0 Å². The molecule has 0 atom stereocenters. The number of ether oxygens (including phenoxy) is 2. The van der Waals surface area contributed by atoms with Crippen molar-refractivity contribution in [2.24, 2.45) is 0 Å². The Balaban J connectivity index is 2.33. The van der Waals surface area contributed by atoms with Crippen LogP contribution in [0, 0.1) is 0 Å². The number of carbonyl (C=O) groups is 1. The minimum absolute atomic E-state index is 0.211. The first-order valence-electron chi connectivity index (χ1n) is 7.25. The third-order valence-corrected chi connectivity index (χ3v) is 3.27. The Bertz CT molecular complexity index is 417. The van der Waals surface area contributed by atoms with Crippen LogP contribution in [0.1, 0.15) is 26.7 Å². The Hall–Kier alpha value is -1.75. The van der Waals surface area contributed by atoms with E-state index in [1.165, 1.54) is 0 Å². The average molecular weight is 295 g/mol. The molecule has 0 aliphatic heterocycles. The SMILES string of the molecule is COc1ccc(OCCN(CCCC(=O)O)C(C)C)cc1. The molecule has 5 heteroatoms. The molecule has 0 amide bonds. The number of nitrogens with zero attached hydrogens (tertiary/aromatic N) is 1. The van der Waals surface area contributed by atoms with Gasteiger partial charge in [-0.15, -0.1) is 0 Å². The van der Waals surface area contributed by atoms with Crippen molar-refractivity contribution in [2.75, 3.05) is 26.8 Å². The Labute approximate surface area is 126 Å². The Morgan fingerprint density at radius 1 is 1.19 bits per heavy atom. The second-order valence-electron chi connectivity index (χ2n) is 5.15. The van der Waals surface area contributed by atoms with Gasteiger partial charge in [0.25, 0.3) is 0 Å². The van der Waals surface area contributed by atoms with Gasteiger partial charge in [-0.05, 0) is 51.1 Å². The van der Waals surface area contributed by atoms with Crippen molar-refractivity contribution in [3.05, 3.63) is 24.3 Å². The van der Waals surface area contributed by atoms with Crippen molar-refractivity contribution in [1.29, 1.82) is 0 Å². The fraction of sp³-hybridized carbons (Fsp3) is 0.562. The lowest BCUT2D eigenvalue weighted by Crippen LogP contribution is -2.35. The molecule has 0 aliphatic carbocycles. The van der Waals surface area contributed by atoms with E-state index in [2.05, 4.69) is 18.7 Å². The summed E-state index contributed by atoms with van der Waals surface area (Å²) in [4.78, 5) is 12.8. The van der Waals surface area contributed by atoms with E-state index >= 15 is 0 Å². The molecule has 0 saturated carbocycles. The van der Waals surface area contributed by atoms with E-state index in [0.717, 1.165) is 24.6 Å². The third-order valence-electron chi connectivity index (χ3n) is 3.27. The number of hydrogen-bond acceptors (Lipinski definition) is 4. The van der Waals surface area contributed by atoms with Crippen molar-refractivity contribution >= 4 is 5.97 Å². The molecular formula is C16H25NO4. The van der Waals surface area contributed by atoms with Gasteiger partial charge in [-0.2, -0.15) is 0 Å². The molecule has 0 fully saturated rings. The second-order valence-corrected chi connectivity index (χ2v) is 5.15. The first kappa shape index (κ1) is 17.3. The van der Waals surface area contributed by atoms with Crippen LogP contribution in [0.4, 0.5) is 0 Å². The van der Waals surface area contributed by atoms with Gasteiger partial charge in [0.2, 0.25) is 0 Å². The van der Waals surface area contributed by atoms with E-state index < -0.39 is 5.97 Å². The summed E-state index contributed by atoms with van der Waals surface area (Å²) in [6.07, 6.45) is 0.874. The molecule has 0 aromatic heterocycles.